The van der Waals surface area contributed by atoms with Crippen molar-refractivity contribution in [3.63, 3.8) is 0 Å². The predicted molar refractivity (Wildman–Crippen MR) is 127 cm³/mol. The van der Waals surface area contributed by atoms with Crippen LogP contribution in [0.2, 0.25) is 5.02 Å². The van der Waals surface area contributed by atoms with Crippen molar-refractivity contribution >= 4 is 29.1 Å². The normalized spacial score (nSPS) is 24.8. The lowest BCUT2D eigenvalue weighted by Crippen LogP contribution is -2.44. The van der Waals surface area contributed by atoms with Gasteiger partial charge in [-0.05, 0) is 6.42 Å². The Morgan fingerprint density at radius 3 is 2.62 bits per heavy atom. The van der Waals surface area contributed by atoms with Crippen molar-refractivity contribution in [2.24, 2.45) is 5.92 Å². The number of hydrogen-bond acceptors (Lipinski definition) is 9. The quantitative estimate of drug-likeness (QED) is 0.591. The molecule has 1 N–H and O–H groups in total. The molecule has 0 spiro atoms. The van der Waals surface area contributed by atoms with Crippen molar-refractivity contribution < 1.29 is 24.1 Å². The molecule has 0 bridgehead atoms. The number of rotatable bonds is 8. The Morgan fingerprint density at radius 2 is 1.97 bits per heavy atom. The number of pyridine rings is 1. The van der Waals surface area contributed by atoms with E-state index in [9.17, 15) is 9.90 Å². The van der Waals surface area contributed by atoms with E-state index in [1.807, 2.05) is 11.0 Å². The van der Waals surface area contributed by atoms with Crippen LogP contribution in [0.25, 0.3) is 0 Å². The van der Waals surface area contributed by atoms with Gasteiger partial charge in [0.05, 0.1) is 48.9 Å². The van der Waals surface area contributed by atoms with Gasteiger partial charge in [0.2, 0.25) is 11.8 Å². The van der Waals surface area contributed by atoms with Crippen LogP contribution in [0.15, 0.2) is 24.7 Å². The number of aliphatic carboxylic acids is 1. The maximum Gasteiger partial charge on any atom is 0.305 e. The first kappa shape index (κ1) is 24.3. The minimum atomic E-state index is -0.841. The number of aromatic nitrogens is 3. The van der Waals surface area contributed by atoms with E-state index in [2.05, 4.69) is 26.8 Å². The van der Waals surface area contributed by atoms with Gasteiger partial charge in [-0.3, -0.25) is 4.79 Å². The van der Waals surface area contributed by atoms with Gasteiger partial charge in [-0.25, -0.2) is 15.0 Å². The van der Waals surface area contributed by atoms with Gasteiger partial charge < -0.3 is 29.1 Å². The van der Waals surface area contributed by atoms with E-state index in [4.69, 9.17) is 25.8 Å². The zero-order valence-electron chi connectivity index (χ0n) is 19.6. The van der Waals surface area contributed by atoms with Crippen molar-refractivity contribution in [1.29, 1.82) is 0 Å². The van der Waals surface area contributed by atoms with E-state index in [0.29, 0.717) is 35.6 Å². The average Bonchev–Trinajstić information content (AvgIpc) is 3.23. The van der Waals surface area contributed by atoms with Crippen molar-refractivity contribution in [2.75, 3.05) is 43.7 Å². The Morgan fingerprint density at radius 1 is 1.18 bits per heavy atom. The molecule has 184 valence electrons. The summed E-state index contributed by atoms with van der Waals surface area (Å²) in [5.41, 5.74) is 0.902. The van der Waals surface area contributed by atoms with E-state index in [-0.39, 0.29) is 30.6 Å². The molecule has 2 aliphatic rings. The molecule has 0 saturated carbocycles. The van der Waals surface area contributed by atoms with Crippen LogP contribution in [0.3, 0.4) is 0 Å². The van der Waals surface area contributed by atoms with Gasteiger partial charge in [0.1, 0.15) is 11.9 Å². The number of hydrogen-bond donors (Lipinski definition) is 1. The van der Waals surface area contributed by atoms with E-state index < -0.39 is 5.97 Å². The first-order valence-corrected chi connectivity index (χ1v) is 11.7. The molecule has 34 heavy (non-hydrogen) atoms. The van der Waals surface area contributed by atoms with Crippen molar-refractivity contribution in [3.05, 3.63) is 29.7 Å². The van der Waals surface area contributed by atoms with Crippen LogP contribution < -0.4 is 19.3 Å². The zero-order valence-corrected chi connectivity index (χ0v) is 20.3. The minimum absolute atomic E-state index is 0.0108. The number of carboxylic acid groups (broad SMARTS) is 1. The zero-order chi connectivity index (χ0) is 24.2. The Labute approximate surface area is 203 Å². The topological polar surface area (TPSA) is 110 Å². The summed E-state index contributed by atoms with van der Waals surface area (Å²) in [7, 11) is 3.22. The predicted octanol–water partition coefficient (Wildman–Crippen LogP) is 2.90. The highest BCUT2D eigenvalue weighted by molar-refractivity contribution is 6.33. The first-order chi connectivity index (χ1) is 16.4. The molecule has 11 heteroatoms. The molecule has 0 radical (unpaired) electrons. The van der Waals surface area contributed by atoms with Crippen molar-refractivity contribution in [3.8, 4) is 11.8 Å². The highest BCUT2D eigenvalue weighted by atomic mass is 35.5. The molecule has 2 aliphatic heterocycles. The summed E-state index contributed by atoms with van der Waals surface area (Å²) < 4.78 is 16.8. The maximum absolute atomic E-state index is 11.3. The number of carboxylic acids is 1. The highest BCUT2D eigenvalue weighted by Crippen LogP contribution is 2.33. The fourth-order valence-electron chi connectivity index (χ4n) is 4.68. The highest BCUT2D eigenvalue weighted by Gasteiger charge is 2.35. The number of ether oxygens (including phenoxy) is 3. The van der Waals surface area contributed by atoms with Gasteiger partial charge in [-0.2, -0.15) is 0 Å². The van der Waals surface area contributed by atoms with Crippen LogP contribution in [0.4, 0.5) is 11.5 Å². The molecule has 10 nitrogen and oxygen atoms in total. The first-order valence-electron chi connectivity index (χ1n) is 11.3. The lowest BCUT2D eigenvalue weighted by atomic mass is 9.96. The molecule has 0 aromatic carbocycles. The summed E-state index contributed by atoms with van der Waals surface area (Å²) in [6.07, 6.45) is 6.30. The molecule has 2 aromatic heterocycles. The molecule has 2 aromatic rings. The van der Waals surface area contributed by atoms with Crippen LogP contribution in [-0.2, 0) is 9.53 Å². The molecule has 0 amide bonds. The van der Waals surface area contributed by atoms with Crippen LogP contribution in [0, 0.1) is 5.92 Å². The smallest absolute Gasteiger partial charge is 0.305 e. The van der Waals surface area contributed by atoms with Gasteiger partial charge in [0.25, 0.3) is 0 Å². The fourth-order valence-corrected chi connectivity index (χ4v) is 4.90. The third-order valence-corrected chi connectivity index (χ3v) is 6.78. The minimum Gasteiger partial charge on any atom is -0.481 e. The van der Waals surface area contributed by atoms with Crippen LogP contribution in [-0.4, -0.2) is 78.1 Å². The second-order valence-corrected chi connectivity index (χ2v) is 9.16. The SMILES string of the molecule is COc1cc(N2CC[C@@H](Oc3cnc(N4C[C@H](OC)CC4CC(=O)O)cn3)C(C)C2)c(Cl)cn1. The Kier molecular flexibility index (Phi) is 7.57. The number of nitrogens with zero attached hydrogens (tertiary/aromatic N) is 5. The molecular weight excluding hydrogens is 462 g/mol. The summed E-state index contributed by atoms with van der Waals surface area (Å²) >= 11 is 6.37. The van der Waals surface area contributed by atoms with Crippen LogP contribution in [0.1, 0.15) is 26.2 Å². The Balaban J connectivity index is 1.38. The largest absolute Gasteiger partial charge is 0.481 e. The maximum atomic E-state index is 11.3. The second-order valence-electron chi connectivity index (χ2n) is 8.76. The van der Waals surface area contributed by atoms with Gasteiger partial charge >= 0.3 is 5.97 Å². The van der Waals surface area contributed by atoms with E-state index in [1.54, 1.807) is 32.8 Å². The molecule has 2 saturated heterocycles. The monoisotopic (exact) mass is 491 g/mol. The fraction of sp³-hybridized carbons (Fsp3) is 0.565. The summed E-state index contributed by atoms with van der Waals surface area (Å²) in [6, 6.07) is 1.68. The molecule has 4 heterocycles. The lowest BCUT2D eigenvalue weighted by molar-refractivity contribution is -0.137. The van der Waals surface area contributed by atoms with E-state index >= 15 is 0 Å². The van der Waals surface area contributed by atoms with Crippen LogP contribution in [0.5, 0.6) is 11.8 Å². The van der Waals surface area contributed by atoms with Gasteiger partial charge in [0, 0.05) is 51.2 Å². The number of piperidine rings is 1. The van der Waals surface area contributed by atoms with Crippen LogP contribution >= 0.6 is 11.6 Å². The molecule has 4 atom stereocenters. The Hall–Kier alpha value is -2.85. The standard InChI is InChI=1S/C23H30ClN5O5/c1-14-12-28(18-8-21(33-3)26-9-17(18)24)5-4-19(14)34-22-11-25-20(10-27-22)29-13-16(32-2)6-15(29)7-23(30)31/h8-11,14-16,19H,4-7,12-13H2,1-3H3,(H,30,31)/t14?,15?,16-,19-/m1/s1. The third-order valence-electron chi connectivity index (χ3n) is 6.49. The van der Waals surface area contributed by atoms with Gasteiger partial charge in [0.15, 0.2) is 0 Å². The molecule has 2 unspecified atom stereocenters. The number of carbonyl (C=O) groups is 1. The van der Waals surface area contributed by atoms with Gasteiger partial charge in [-0.15, -0.1) is 0 Å². The molecule has 4 rings (SSSR count). The average molecular weight is 492 g/mol. The van der Waals surface area contributed by atoms with E-state index in [0.717, 1.165) is 25.2 Å². The summed E-state index contributed by atoms with van der Waals surface area (Å²) in [4.78, 5) is 28.5. The van der Waals surface area contributed by atoms with Crippen molar-refractivity contribution in [2.45, 2.75) is 44.4 Å². The summed E-state index contributed by atoms with van der Waals surface area (Å²) in [5, 5.41) is 9.83. The van der Waals surface area contributed by atoms with E-state index in [1.165, 1.54) is 0 Å². The molecule has 2 fully saturated rings. The second kappa shape index (κ2) is 10.6. The molecular formula is C23H30ClN5O5. The Bertz CT molecular complexity index is 994. The number of anilines is 2. The van der Waals surface area contributed by atoms with Gasteiger partial charge in [-0.1, -0.05) is 18.5 Å². The summed E-state index contributed by atoms with van der Waals surface area (Å²) in [5.74, 6) is 0.997. The lowest BCUT2D eigenvalue weighted by Gasteiger charge is -2.38. The third kappa shape index (κ3) is 5.44. The molecule has 0 aliphatic carbocycles. The van der Waals surface area contributed by atoms with Crippen molar-refractivity contribution in [1.82, 2.24) is 15.0 Å². The number of halogens is 1. The summed E-state index contributed by atoms with van der Waals surface area (Å²) in [6.45, 7) is 4.26. The number of methoxy groups -OCH3 is 2.